The van der Waals surface area contributed by atoms with E-state index in [-0.39, 0.29) is 24.4 Å². The predicted octanol–water partition coefficient (Wildman–Crippen LogP) is -1.89. The predicted molar refractivity (Wildman–Crippen MR) is 86.6 cm³/mol. The fourth-order valence-electron chi connectivity index (χ4n) is 3.81. The molecule has 1 atom stereocenters. The number of aromatic nitrogens is 1. The van der Waals surface area contributed by atoms with Crippen molar-refractivity contribution in [1.29, 1.82) is 0 Å². The first-order valence-electron chi connectivity index (χ1n) is 8.49. The Morgan fingerprint density at radius 3 is 2.58 bits per heavy atom. The molecule has 0 spiro atoms. The van der Waals surface area contributed by atoms with E-state index in [0.717, 1.165) is 43.1 Å². The van der Waals surface area contributed by atoms with E-state index in [1.807, 2.05) is 0 Å². The number of fused-ring (bicyclic) bond motifs is 1. The Bertz CT molecular complexity index is 696. The molecule has 1 aromatic heterocycles. The molecule has 1 saturated carbocycles. The van der Waals surface area contributed by atoms with Gasteiger partial charge in [0.15, 0.2) is 0 Å². The fourth-order valence-corrected chi connectivity index (χ4v) is 5.22. The maximum absolute atomic E-state index is 12.5. The van der Waals surface area contributed by atoms with Crippen LogP contribution in [0.1, 0.15) is 55.2 Å². The molecule has 0 bridgehead atoms. The summed E-state index contributed by atoms with van der Waals surface area (Å²) in [5.74, 6) is -0.238. The van der Waals surface area contributed by atoms with Crippen molar-refractivity contribution in [3.8, 4) is 0 Å². The Morgan fingerprint density at radius 2 is 1.96 bits per heavy atom. The first-order chi connectivity index (χ1) is 11.1. The zero-order valence-corrected chi connectivity index (χ0v) is 14.9. The van der Waals surface area contributed by atoms with E-state index in [9.17, 15) is 14.7 Å². The number of carbonyl (C=O) groups excluding carboxylic acids is 1. The average Bonchev–Trinajstić information content (AvgIpc) is 3.25. The van der Waals surface area contributed by atoms with Crippen molar-refractivity contribution in [2.24, 2.45) is 0 Å². The van der Waals surface area contributed by atoms with E-state index in [1.165, 1.54) is 41.2 Å². The molecule has 7 heteroatoms. The number of likely N-dealkylation sites (tertiary alicyclic amines) is 1. The molecule has 4 rings (SSSR count). The topological polar surface area (TPSA) is 65.4 Å². The van der Waals surface area contributed by atoms with Crippen molar-refractivity contribution in [2.75, 3.05) is 18.8 Å². The van der Waals surface area contributed by atoms with Crippen LogP contribution in [0, 0.1) is 0 Å². The summed E-state index contributed by atoms with van der Waals surface area (Å²) >= 11 is 1.51. The van der Waals surface area contributed by atoms with Crippen LogP contribution in [0.4, 0.5) is 0 Å². The second-order valence-electron chi connectivity index (χ2n) is 6.85. The van der Waals surface area contributed by atoms with Gasteiger partial charge in [0, 0.05) is 18.4 Å². The van der Waals surface area contributed by atoms with E-state index < -0.39 is 12.0 Å². The molecule has 3 aliphatic rings. The number of carbonyl (C=O) groups is 1. The Labute approximate surface area is 158 Å². The first-order valence-corrected chi connectivity index (χ1v) is 9.48. The minimum absolute atomic E-state index is 0. The summed E-state index contributed by atoms with van der Waals surface area (Å²) in [6, 6.07) is 0.872. The van der Waals surface area contributed by atoms with Gasteiger partial charge in [0.25, 0.3) is 5.56 Å². The molecule has 0 radical (unpaired) electrons. The molecule has 0 N–H and O–H groups in total. The number of thioether (sulfide) groups is 1. The second-order valence-corrected chi connectivity index (χ2v) is 7.86. The Kier molecular flexibility index (Phi) is 5.51. The summed E-state index contributed by atoms with van der Waals surface area (Å²) in [6.45, 7) is 3.01. The van der Waals surface area contributed by atoms with Crippen LogP contribution < -0.4 is 29.5 Å². The van der Waals surface area contributed by atoms with Gasteiger partial charge in [-0.2, -0.15) is 0 Å². The minimum atomic E-state index is -1.15. The Balaban J connectivity index is 0.00000169. The molecular weight excluding hydrogens is 319 g/mol. The van der Waals surface area contributed by atoms with Crippen molar-refractivity contribution in [1.82, 2.24) is 9.47 Å². The Hall–Kier alpha value is -0.673. The molecular formula is C17H21LiN2O3S. The third-order valence-corrected chi connectivity index (χ3v) is 6.29. The molecule has 0 aromatic carbocycles. The summed E-state index contributed by atoms with van der Waals surface area (Å²) in [6.07, 6.45) is 6.04. The van der Waals surface area contributed by atoms with Gasteiger partial charge in [0.1, 0.15) is 0 Å². The van der Waals surface area contributed by atoms with Crippen LogP contribution in [0.3, 0.4) is 0 Å². The second kappa shape index (κ2) is 7.29. The molecule has 2 fully saturated rings. The maximum atomic E-state index is 12.5. The van der Waals surface area contributed by atoms with E-state index in [0.29, 0.717) is 11.7 Å². The average molecular weight is 340 g/mol. The van der Waals surface area contributed by atoms with Gasteiger partial charge in [-0.05, 0) is 55.8 Å². The molecule has 3 heterocycles. The fraction of sp³-hybridized carbons (Fsp3) is 0.647. The number of pyridine rings is 1. The number of rotatable bonds is 4. The van der Waals surface area contributed by atoms with E-state index in [2.05, 4.69) is 4.90 Å². The molecule has 124 valence electrons. The summed E-state index contributed by atoms with van der Waals surface area (Å²) in [5.41, 5.74) is 2.18. The molecule has 5 nitrogen and oxygen atoms in total. The standard InChI is InChI=1S/C17H22N2O3S.Li/c20-14-8-12(9-18-6-2-1-3-7-18)15(11-4-5-11)16-19(14)13(10-23-16)17(21)22;/h8,11,13H,1-7,9-10H2,(H,21,22);/q;+1/p-1/t13-;/m0./s1. The van der Waals surface area contributed by atoms with Crippen LogP contribution in [0.25, 0.3) is 0 Å². The number of aliphatic carboxylic acids is 1. The van der Waals surface area contributed by atoms with Crippen LogP contribution in [0.15, 0.2) is 15.9 Å². The number of piperidine rings is 1. The minimum Gasteiger partial charge on any atom is -0.548 e. The van der Waals surface area contributed by atoms with Crippen molar-refractivity contribution in [3.63, 3.8) is 0 Å². The van der Waals surface area contributed by atoms with Crippen LogP contribution in [0.2, 0.25) is 0 Å². The smallest absolute Gasteiger partial charge is 0.548 e. The molecule has 1 aromatic rings. The number of nitrogens with zero attached hydrogens (tertiary/aromatic N) is 2. The zero-order valence-electron chi connectivity index (χ0n) is 14.1. The van der Waals surface area contributed by atoms with Gasteiger partial charge in [-0.15, -0.1) is 11.8 Å². The molecule has 0 unspecified atom stereocenters. The summed E-state index contributed by atoms with van der Waals surface area (Å²) in [5, 5.41) is 12.2. The van der Waals surface area contributed by atoms with E-state index in [4.69, 9.17) is 0 Å². The molecule has 1 aliphatic carbocycles. The van der Waals surface area contributed by atoms with Gasteiger partial charge in [-0.1, -0.05) is 6.42 Å². The quantitative estimate of drug-likeness (QED) is 0.600. The number of hydrogen-bond acceptors (Lipinski definition) is 5. The molecule has 2 aliphatic heterocycles. The summed E-state index contributed by atoms with van der Waals surface area (Å²) in [4.78, 5) is 26.3. The van der Waals surface area contributed by atoms with Crippen molar-refractivity contribution in [3.05, 3.63) is 27.5 Å². The van der Waals surface area contributed by atoms with Crippen molar-refractivity contribution < 1.29 is 28.8 Å². The largest absolute Gasteiger partial charge is 1.00 e. The van der Waals surface area contributed by atoms with Gasteiger partial charge in [-0.3, -0.25) is 14.3 Å². The van der Waals surface area contributed by atoms with E-state index >= 15 is 0 Å². The van der Waals surface area contributed by atoms with Gasteiger partial charge in [0.05, 0.1) is 17.0 Å². The van der Waals surface area contributed by atoms with Crippen molar-refractivity contribution in [2.45, 2.75) is 55.6 Å². The van der Waals surface area contributed by atoms with E-state index in [1.54, 1.807) is 6.07 Å². The third kappa shape index (κ3) is 3.35. The summed E-state index contributed by atoms with van der Waals surface area (Å²) in [7, 11) is 0. The third-order valence-electron chi connectivity index (χ3n) is 5.12. The van der Waals surface area contributed by atoms with Crippen LogP contribution in [-0.2, 0) is 11.3 Å². The number of carboxylic acid groups (broad SMARTS) is 1. The monoisotopic (exact) mass is 340 g/mol. The number of hydrogen-bond donors (Lipinski definition) is 0. The van der Waals surface area contributed by atoms with Gasteiger partial charge < -0.3 is 9.90 Å². The normalized spacial score (nSPS) is 23.6. The Morgan fingerprint density at radius 1 is 1.25 bits per heavy atom. The SMILES string of the molecule is O=C([O-])[C@@H]1CSc2c(C3CC3)c(CN3CCCCC3)cc(=O)n21.[Li+]. The van der Waals surface area contributed by atoms with Crippen LogP contribution in [0.5, 0.6) is 0 Å². The molecule has 0 amide bonds. The van der Waals surface area contributed by atoms with Gasteiger partial charge in [0.2, 0.25) is 0 Å². The summed E-state index contributed by atoms with van der Waals surface area (Å²) < 4.78 is 1.47. The van der Waals surface area contributed by atoms with Gasteiger partial charge in [-0.25, -0.2) is 0 Å². The van der Waals surface area contributed by atoms with Crippen LogP contribution in [-0.4, -0.2) is 34.3 Å². The van der Waals surface area contributed by atoms with Crippen LogP contribution >= 0.6 is 11.8 Å². The zero-order chi connectivity index (χ0) is 16.0. The molecule has 1 saturated heterocycles. The van der Waals surface area contributed by atoms with Gasteiger partial charge >= 0.3 is 18.9 Å². The molecule has 24 heavy (non-hydrogen) atoms. The van der Waals surface area contributed by atoms with Crippen molar-refractivity contribution >= 4 is 17.7 Å². The first kappa shape index (κ1) is 18.1. The number of carboxylic acids is 1. The maximum Gasteiger partial charge on any atom is 1.00 e.